The monoisotopic (exact) mass is 475 g/mol. The number of aromatic carboxylic acids is 1. The highest BCUT2D eigenvalue weighted by molar-refractivity contribution is 9.10. The van der Waals surface area contributed by atoms with Gasteiger partial charge in [-0.1, -0.05) is 28.1 Å². The first-order valence-electron chi connectivity index (χ1n) is 8.76. The van der Waals surface area contributed by atoms with Crippen LogP contribution in [0.1, 0.15) is 21.5 Å². The third-order valence-corrected chi connectivity index (χ3v) is 5.21. The highest BCUT2D eigenvalue weighted by atomic mass is 79.9. The lowest BCUT2D eigenvalue weighted by molar-refractivity contribution is -0.137. The first-order chi connectivity index (χ1) is 14.1. The van der Waals surface area contributed by atoms with Gasteiger partial charge in [0.15, 0.2) is 5.76 Å². The third-order valence-electron chi connectivity index (χ3n) is 4.72. The van der Waals surface area contributed by atoms with E-state index in [-0.39, 0.29) is 22.6 Å². The molecule has 4 nitrogen and oxygen atoms in total. The maximum atomic E-state index is 13.0. The highest BCUT2D eigenvalue weighted by Gasteiger charge is 2.30. The molecule has 0 aliphatic heterocycles. The number of furan rings is 1. The van der Waals surface area contributed by atoms with Gasteiger partial charge in [-0.05, 0) is 55.0 Å². The Bertz CT molecular complexity index is 1290. The van der Waals surface area contributed by atoms with E-state index in [4.69, 9.17) is 4.42 Å². The van der Waals surface area contributed by atoms with E-state index in [9.17, 15) is 23.1 Å². The Hall–Kier alpha value is -3.13. The minimum Gasteiger partial charge on any atom is -0.478 e. The minimum atomic E-state index is -4.47. The van der Waals surface area contributed by atoms with E-state index in [1.54, 1.807) is 31.2 Å². The molecule has 2 aromatic carbocycles. The van der Waals surface area contributed by atoms with Gasteiger partial charge in [0.25, 0.3) is 0 Å². The fourth-order valence-electron chi connectivity index (χ4n) is 3.32. The predicted octanol–water partition coefficient (Wildman–Crippen LogP) is 6.95. The Kier molecular flexibility index (Phi) is 4.89. The van der Waals surface area contributed by atoms with Crippen LogP contribution in [-0.4, -0.2) is 16.1 Å². The summed E-state index contributed by atoms with van der Waals surface area (Å²) in [5.74, 6) is -0.610. The van der Waals surface area contributed by atoms with E-state index >= 15 is 0 Å². The summed E-state index contributed by atoms with van der Waals surface area (Å²) in [7, 11) is 0. The first kappa shape index (κ1) is 20.2. The van der Waals surface area contributed by atoms with Crippen molar-refractivity contribution in [2.75, 3.05) is 0 Å². The predicted molar refractivity (Wildman–Crippen MR) is 109 cm³/mol. The van der Waals surface area contributed by atoms with Crippen molar-refractivity contribution in [2.24, 2.45) is 0 Å². The molecular weight excluding hydrogens is 463 g/mol. The summed E-state index contributed by atoms with van der Waals surface area (Å²) in [4.78, 5) is 16.4. The maximum Gasteiger partial charge on any atom is 0.416 e. The number of hydrogen-bond acceptors (Lipinski definition) is 3. The molecule has 0 fully saturated rings. The lowest BCUT2D eigenvalue weighted by Crippen LogP contribution is -2.04. The van der Waals surface area contributed by atoms with Gasteiger partial charge in [-0.25, -0.2) is 9.78 Å². The molecule has 1 N–H and O–H groups in total. The van der Waals surface area contributed by atoms with Crippen LogP contribution in [0.5, 0.6) is 0 Å². The van der Waals surface area contributed by atoms with Crippen molar-refractivity contribution in [1.29, 1.82) is 0 Å². The number of benzene rings is 2. The van der Waals surface area contributed by atoms with Gasteiger partial charge in [0, 0.05) is 15.4 Å². The number of carbonyl (C=O) groups is 1. The van der Waals surface area contributed by atoms with Gasteiger partial charge in [0.1, 0.15) is 11.5 Å². The lowest BCUT2D eigenvalue weighted by Gasteiger charge is -2.11. The molecule has 2 heterocycles. The van der Waals surface area contributed by atoms with E-state index in [1.165, 1.54) is 18.2 Å². The third kappa shape index (κ3) is 3.59. The van der Waals surface area contributed by atoms with Crippen molar-refractivity contribution in [3.05, 3.63) is 75.8 Å². The number of nitrogens with zero attached hydrogens (tertiary/aromatic N) is 1. The van der Waals surface area contributed by atoms with Crippen molar-refractivity contribution in [1.82, 2.24) is 4.98 Å². The molecule has 152 valence electrons. The minimum absolute atomic E-state index is 0.0910. The van der Waals surface area contributed by atoms with Gasteiger partial charge >= 0.3 is 12.1 Å². The highest BCUT2D eigenvalue weighted by Crippen LogP contribution is 2.36. The van der Waals surface area contributed by atoms with Crippen molar-refractivity contribution in [3.8, 4) is 22.8 Å². The van der Waals surface area contributed by atoms with Crippen LogP contribution < -0.4 is 0 Å². The number of rotatable bonds is 3. The van der Waals surface area contributed by atoms with E-state index in [0.29, 0.717) is 22.2 Å². The Morgan fingerprint density at radius 2 is 1.80 bits per heavy atom. The van der Waals surface area contributed by atoms with Gasteiger partial charge < -0.3 is 9.52 Å². The van der Waals surface area contributed by atoms with Crippen LogP contribution in [0.2, 0.25) is 0 Å². The fraction of sp³-hybridized carbons (Fsp3) is 0.0909. The Morgan fingerprint density at radius 1 is 1.07 bits per heavy atom. The topological polar surface area (TPSA) is 63.3 Å². The van der Waals surface area contributed by atoms with Gasteiger partial charge in [0.05, 0.1) is 16.6 Å². The van der Waals surface area contributed by atoms with Crippen LogP contribution in [0.15, 0.2) is 63.5 Å². The second-order valence-electron chi connectivity index (χ2n) is 6.67. The van der Waals surface area contributed by atoms with Crippen molar-refractivity contribution in [3.63, 3.8) is 0 Å². The average molecular weight is 476 g/mol. The largest absolute Gasteiger partial charge is 0.478 e. The van der Waals surface area contributed by atoms with Gasteiger partial charge in [-0.2, -0.15) is 13.2 Å². The molecule has 0 amide bonds. The standard InChI is InChI=1S/C22H13BrF3NO3/c1-11-19(21(28)29)15-10-14(23)5-6-16(15)27-20(11)18-8-7-17(30-18)12-3-2-4-13(9-12)22(24,25)26/h2-10H,1H3,(H,28,29). The second kappa shape index (κ2) is 7.28. The molecule has 0 aliphatic rings. The van der Waals surface area contributed by atoms with Crippen molar-refractivity contribution < 1.29 is 27.5 Å². The summed E-state index contributed by atoms with van der Waals surface area (Å²) in [6.07, 6.45) is -4.47. The van der Waals surface area contributed by atoms with Crippen LogP contribution in [0, 0.1) is 6.92 Å². The van der Waals surface area contributed by atoms with E-state index in [2.05, 4.69) is 20.9 Å². The number of hydrogen-bond donors (Lipinski definition) is 1. The summed E-state index contributed by atoms with van der Waals surface area (Å²) in [5, 5.41) is 10.2. The Labute approximate surface area is 177 Å². The van der Waals surface area contributed by atoms with Gasteiger partial charge in [-0.15, -0.1) is 0 Å². The Balaban J connectivity index is 1.85. The summed E-state index contributed by atoms with van der Waals surface area (Å²) in [5.41, 5.74) is 0.758. The van der Waals surface area contributed by atoms with E-state index in [1.807, 2.05) is 0 Å². The molecule has 0 saturated carbocycles. The number of fused-ring (bicyclic) bond motifs is 1. The number of alkyl halides is 3. The Morgan fingerprint density at radius 3 is 2.50 bits per heavy atom. The molecule has 0 bridgehead atoms. The molecule has 0 unspecified atom stereocenters. The number of carboxylic acids is 1. The zero-order valence-electron chi connectivity index (χ0n) is 15.4. The first-order valence-corrected chi connectivity index (χ1v) is 9.55. The zero-order chi connectivity index (χ0) is 21.6. The normalized spacial score (nSPS) is 11.8. The molecule has 0 radical (unpaired) electrons. The van der Waals surface area contributed by atoms with Crippen LogP contribution >= 0.6 is 15.9 Å². The number of halogens is 4. The molecule has 30 heavy (non-hydrogen) atoms. The summed E-state index contributed by atoms with van der Waals surface area (Å²) in [6, 6.07) is 13.0. The molecule has 0 saturated heterocycles. The molecule has 0 aliphatic carbocycles. The van der Waals surface area contributed by atoms with Crippen LogP contribution in [-0.2, 0) is 6.18 Å². The summed E-state index contributed by atoms with van der Waals surface area (Å²) >= 11 is 3.33. The molecule has 4 aromatic rings. The van der Waals surface area contributed by atoms with Gasteiger partial charge in [-0.3, -0.25) is 0 Å². The van der Waals surface area contributed by atoms with E-state index < -0.39 is 17.7 Å². The number of aromatic nitrogens is 1. The van der Waals surface area contributed by atoms with Crippen LogP contribution in [0.4, 0.5) is 13.2 Å². The summed E-state index contributed by atoms with van der Waals surface area (Å²) < 4.78 is 45.5. The van der Waals surface area contributed by atoms with Gasteiger partial charge in [0.2, 0.25) is 0 Å². The smallest absolute Gasteiger partial charge is 0.416 e. The van der Waals surface area contributed by atoms with Crippen LogP contribution in [0.25, 0.3) is 33.7 Å². The van der Waals surface area contributed by atoms with Crippen LogP contribution in [0.3, 0.4) is 0 Å². The quantitative estimate of drug-likeness (QED) is 0.348. The average Bonchev–Trinajstić information content (AvgIpc) is 3.16. The molecule has 8 heteroatoms. The molecule has 2 aromatic heterocycles. The zero-order valence-corrected chi connectivity index (χ0v) is 17.0. The fourth-order valence-corrected chi connectivity index (χ4v) is 3.68. The number of pyridine rings is 1. The lowest BCUT2D eigenvalue weighted by atomic mass is 10.0. The maximum absolute atomic E-state index is 13.0. The molecular formula is C22H13BrF3NO3. The van der Waals surface area contributed by atoms with Crippen molar-refractivity contribution >= 4 is 32.8 Å². The SMILES string of the molecule is Cc1c(-c2ccc(-c3cccc(C(F)(F)F)c3)o2)nc2ccc(Br)cc2c1C(=O)O. The van der Waals surface area contributed by atoms with Crippen molar-refractivity contribution in [2.45, 2.75) is 13.1 Å². The number of carboxylic acid groups (broad SMARTS) is 1. The van der Waals surface area contributed by atoms with E-state index in [0.717, 1.165) is 16.6 Å². The molecule has 4 rings (SSSR count). The molecule has 0 atom stereocenters. The summed E-state index contributed by atoms with van der Waals surface area (Å²) in [6.45, 7) is 1.62. The second-order valence-corrected chi connectivity index (χ2v) is 7.59. The molecule has 0 spiro atoms.